The van der Waals surface area contributed by atoms with Crippen molar-refractivity contribution in [3.05, 3.63) is 18.2 Å². The summed E-state index contributed by atoms with van der Waals surface area (Å²) in [6.45, 7) is 2.20. The molecule has 74 valence electrons. The number of unbranched alkanes of at least 4 members (excludes halogenated alkanes) is 2. The minimum absolute atomic E-state index is 0.721. The Balaban J connectivity index is 2.11. The Kier molecular flexibility index (Phi) is 2.72. The molecule has 2 aromatic rings. The fraction of sp³-hybridized carbons (Fsp3) is 0.500. The lowest BCUT2D eigenvalue weighted by Crippen LogP contribution is -1.87. The second-order valence-corrected chi connectivity index (χ2v) is 3.37. The molecule has 0 unspecified atom stereocenters. The van der Waals surface area contributed by atoms with E-state index in [-0.39, 0.29) is 0 Å². The summed E-state index contributed by atoms with van der Waals surface area (Å²) in [5.41, 5.74) is 1.51. The lowest BCUT2D eigenvalue weighted by atomic mass is 10.2. The van der Waals surface area contributed by atoms with E-state index in [1.165, 1.54) is 19.3 Å². The Bertz CT molecular complexity index is 374. The predicted molar refractivity (Wildman–Crippen MR) is 54.9 cm³/mol. The minimum atomic E-state index is 0.721. The average Bonchev–Trinajstić information content (AvgIpc) is 2.60. The number of aryl methyl sites for hydroxylation is 1. The Labute approximate surface area is 82.8 Å². The number of imidazole rings is 1. The third kappa shape index (κ3) is 1.89. The molecule has 0 aliphatic rings. The van der Waals surface area contributed by atoms with Crippen LogP contribution in [0.3, 0.4) is 0 Å². The normalized spacial score (nSPS) is 10.9. The Morgan fingerprint density at radius 3 is 2.86 bits per heavy atom. The maximum absolute atomic E-state index is 4.36. The molecule has 0 saturated carbocycles. The zero-order valence-corrected chi connectivity index (χ0v) is 8.32. The van der Waals surface area contributed by atoms with Crippen molar-refractivity contribution < 1.29 is 0 Å². The highest BCUT2D eigenvalue weighted by molar-refractivity contribution is 5.64. The highest BCUT2D eigenvalue weighted by Crippen LogP contribution is 2.07. The number of fused-ring (bicyclic) bond motifs is 1. The minimum Gasteiger partial charge on any atom is -0.325 e. The van der Waals surface area contributed by atoms with Crippen LogP contribution in [0.2, 0.25) is 0 Å². The van der Waals surface area contributed by atoms with Gasteiger partial charge in [-0.25, -0.2) is 15.0 Å². The van der Waals surface area contributed by atoms with E-state index in [0.29, 0.717) is 0 Å². The van der Waals surface area contributed by atoms with Crippen LogP contribution in [0.15, 0.2) is 12.4 Å². The SMILES string of the molecule is CCCCCc1nc2nccnc2[nH]1. The van der Waals surface area contributed by atoms with Gasteiger partial charge in [0.25, 0.3) is 0 Å². The third-order valence-corrected chi connectivity index (χ3v) is 2.20. The molecule has 0 atom stereocenters. The molecule has 0 radical (unpaired) electrons. The van der Waals surface area contributed by atoms with Gasteiger partial charge in [0.05, 0.1) is 0 Å². The molecule has 0 aromatic carbocycles. The van der Waals surface area contributed by atoms with E-state index in [0.717, 1.165) is 23.5 Å². The molecular formula is C10H14N4. The highest BCUT2D eigenvalue weighted by atomic mass is 15.0. The summed E-state index contributed by atoms with van der Waals surface area (Å²) in [5.74, 6) is 1.000. The summed E-state index contributed by atoms with van der Waals surface area (Å²) >= 11 is 0. The number of nitrogens with one attached hydrogen (secondary N) is 1. The standard InChI is InChI=1S/C10H14N4/c1-2-3-4-5-8-13-9-10(14-8)12-7-6-11-9/h6-7H,2-5H2,1H3,(H,11,12,13,14). The second-order valence-electron chi connectivity index (χ2n) is 3.37. The largest absolute Gasteiger partial charge is 0.325 e. The summed E-state index contributed by atoms with van der Waals surface area (Å²) in [5, 5.41) is 0. The fourth-order valence-electron chi connectivity index (χ4n) is 1.45. The first kappa shape index (κ1) is 9.12. The van der Waals surface area contributed by atoms with Gasteiger partial charge in [0, 0.05) is 18.8 Å². The number of hydrogen-bond donors (Lipinski definition) is 1. The van der Waals surface area contributed by atoms with Gasteiger partial charge in [0.2, 0.25) is 0 Å². The van der Waals surface area contributed by atoms with Crippen molar-refractivity contribution in [2.75, 3.05) is 0 Å². The van der Waals surface area contributed by atoms with Crippen LogP contribution >= 0.6 is 0 Å². The monoisotopic (exact) mass is 190 g/mol. The van der Waals surface area contributed by atoms with Crippen LogP contribution in [0, 0.1) is 0 Å². The van der Waals surface area contributed by atoms with E-state index in [2.05, 4.69) is 26.9 Å². The zero-order chi connectivity index (χ0) is 9.80. The van der Waals surface area contributed by atoms with Gasteiger partial charge in [0.1, 0.15) is 5.82 Å². The second kappa shape index (κ2) is 4.17. The molecule has 0 saturated heterocycles. The summed E-state index contributed by atoms with van der Waals surface area (Å²) in [7, 11) is 0. The Morgan fingerprint density at radius 1 is 1.21 bits per heavy atom. The van der Waals surface area contributed by atoms with Crippen LogP contribution in [0.4, 0.5) is 0 Å². The molecule has 2 rings (SSSR count). The van der Waals surface area contributed by atoms with Crippen LogP contribution in [-0.4, -0.2) is 19.9 Å². The van der Waals surface area contributed by atoms with Gasteiger partial charge in [-0.3, -0.25) is 0 Å². The maximum Gasteiger partial charge on any atom is 0.197 e. The van der Waals surface area contributed by atoms with Gasteiger partial charge >= 0.3 is 0 Å². The summed E-state index contributed by atoms with van der Waals surface area (Å²) in [6, 6.07) is 0. The van der Waals surface area contributed by atoms with E-state index in [4.69, 9.17) is 0 Å². The first-order valence-corrected chi connectivity index (χ1v) is 5.05. The molecule has 0 amide bonds. The molecule has 0 aliphatic heterocycles. The predicted octanol–water partition coefficient (Wildman–Crippen LogP) is 2.09. The van der Waals surface area contributed by atoms with E-state index >= 15 is 0 Å². The van der Waals surface area contributed by atoms with Crippen molar-refractivity contribution >= 4 is 11.3 Å². The first-order chi connectivity index (χ1) is 6.90. The quantitative estimate of drug-likeness (QED) is 0.751. The Morgan fingerprint density at radius 2 is 2.07 bits per heavy atom. The lowest BCUT2D eigenvalue weighted by molar-refractivity contribution is 0.700. The molecular weight excluding hydrogens is 176 g/mol. The maximum atomic E-state index is 4.36. The van der Waals surface area contributed by atoms with E-state index in [9.17, 15) is 0 Å². The number of aromatic amines is 1. The molecule has 14 heavy (non-hydrogen) atoms. The summed E-state index contributed by atoms with van der Waals surface area (Å²) in [6.07, 6.45) is 7.99. The van der Waals surface area contributed by atoms with Crippen LogP contribution < -0.4 is 0 Å². The van der Waals surface area contributed by atoms with Crippen LogP contribution in [-0.2, 0) is 6.42 Å². The van der Waals surface area contributed by atoms with Gasteiger partial charge in [0.15, 0.2) is 11.3 Å². The average molecular weight is 190 g/mol. The molecule has 2 heterocycles. The molecule has 0 bridgehead atoms. The molecule has 0 fully saturated rings. The number of rotatable bonds is 4. The van der Waals surface area contributed by atoms with Gasteiger partial charge in [-0.05, 0) is 6.42 Å². The van der Waals surface area contributed by atoms with Gasteiger partial charge in [-0.2, -0.15) is 0 Å². The van der Waals surface area contributed by atoms with Gasteiger partial charge in [-0.15, -0.1) is 0 Å². The molecule has 4 nitrogen and oxygen atoms in total. The molecule has 2 aromatic heterocycles. The van der Waals surface area contributed by atoms with Crippen molar-refractivity contribution in [2.45, 2.75) is 32.6 Å². The summed E-state index contributed by atoms with van der Waals surface area (Å²) < 4.78 is 0. The van der Waals surface area contributed by atoms with E-state index in [1.807, 2.05) is 0 Å². The number of H-pyrrole nitrogens is 1. The van der Waals surface area contributed by atoms with Crippen molar-refractivity contribution in [1.82, 2.24) is 19.9 Å². The molecule has 0 spiro atoms. The summed E-state index contributed by atoms with van der Waals surface area (Å²) in [4.78, 5) is 15.8. The molecule has 1 N–H and O–H groups in total. The van der Waals surface area contributed by atoms with E-state index < -0.39 is 0 Å². The Hall–Kier alpha value is -1.45. The van der Waals surface area contributed by atoms with Crippen molar-refractivity contribution in [1.29, 1.82) is 0 Å². The van der Waals surface area contributed by atoms with Crippen LogP contribution in [0.25, 0.3) is 11.3 Å². The van der Waals surface area contributed by atoms with Crippen molar-refractivity contribution in [2.24, 2.45) is 0 Å². The first-order valence-electron chi connectivity index (χ1n) is 5.05. The zero-order valence-electron chi connectivity index (χ0n) is 8.32. The number of aromatic nitrogens is 4. The fourth-order valence-corrected chi connectivity index (χ4v) is 1.45. The smallest absolute Gasteiger partial charge is 0.197 e. The van der Waals surface area contributed by atoms with Gasteiger partial charge < -0.3 is 4.98 Å². The van der Waals surface area contributed by atoms with E-state index in [1.54, 1.807) is 12.4 Å². The highest BCUT2D eigenvalue weighted by Gasteiger charge is 2.02. The number of hydrogen-bond acceptors (Lipinski definition) is 3. The lowest BCUT2D eigenvalue weighted by Gasteiger charge is -1.93. The van der Waals surface area contributed by atoms with Crippen LogP contribution in [0.1, 0.15) is 32.0 Å². The van der Waals surface area contributed by atoms with Gasteiger partial charge in [-0.1, -0.05) is 19.8 Å². The number of nitrogens with zero attached hydrogens (tertiary/aromatic N) is 3. The molecule has 0 aliphatic carbocycles. The molecule has 4 heteroatoms. The van der Waals surface area contributed by atoms with Crippen LogP contribution in [0.5, 0.6) is 0 Å². The van der Waals surface area contributed by atoms with Crippen molar-refractivity contribution in [3.63, 3.8) is 0 Å². The van der Waals surface area contributed by atoms with Crippen molar-refractivity contribution in [3.8, 4) is 0 Å². The third-order valence-electron chi connectivity index (χ3n) is 2.20. The topological polar surface area (TPSA) is 54.5 Å².